The van der Waals surface area contributed by atoms with Gasteiger partial charge in [-0.25, -0.2) is 0 Å². The van der Waals surface area contributed by atoms with Gasteiger partial charge in [0.25, 0.3) is 0 Å². The molecule has 294 valence electrons. The average molecular weight is 784 g/mol. The summed E-state index contributed by atoms with van der Waals surface area (Å²) in [6.07, 6.45) is 1.13. The van der Waals surface area contributed by atoms with E-state index in [2.05, 4.69) is 245 Å². The van der Waals surface area contributed by atoms with Gasteiger partial charge in [-0.3, -0.25) is 0 Å². The molecule has 0 aromatic heterocycles. The van der Waals surface area contributed by atoms with E-state index in [-0.39, 0.29) is 10.8 Å². The zero-order valence-corrected chi connectivity index (χ0v) is 35.4. The van der Waals surface area contributed by atoms with Crippen molar-refractivity contribution in [1.82, 2.24) is 0 Å². The van der Waals surface area contributed by atoms with E-state index in [1.54, 1.807) is 0 Å². The van der Waals surface area contributed by atoms with Crippen molar-refractivity contribution in [2.75, 3.05) is 4.90 Å². The van der Waals surface area contributed by atoms with Crippen LogP contribution < -0.4 is 4.90 Å². The van der Waals surface area contributed by atoms with Crippen molar-refractivity contribution in [1.29, 1.82) is 0 Å². The van der Waals surface area contributed by atoms with Crippen LogP contribution in [0.2, 0.25) is 0 Å². The fourth-order valence-electron chi connectivity index (χ4n) is 11.2. The maximum atomic E-state index is 2.60. The average Bonchev–Trinajstić information content (AvgIpc) is 3.69. The minimum atomic E-state index is -0.526. The van der Waals surface area contributed by atoms with Crippen LogP contribution >= 0.6 is 0 Å². The van der Waals surface area contributed by atoms with Gasteiger partial charge in [0.1, 0.15) is 0 Å². The summed E-state index contributed by atoms with van der Waals surface area (Å²) in [5.74, 6) is 0. The van der Waals surface area contributed by atoms with Crippen LogP contribution in [0.15, 0.2) is 212 Å². The molecule has 2 aliphatic carbocycles. The first kappa shape index (κ1) is 37.1. The minimum absolute atomic E-state index is 0.0633. The Morgan fingerprint density at radius 1 is 0.344 bits per heavy atom. The molecule has 1 nitrogen and oxygen atoms in total. The smallest absolute Gasteiger partial charge is 0.0714 e. The SMILES string of the molecule is CC1(C)CC(C)(C)c2cc3c(cc21)-c1ccc(N(c2ccc(-c4ccccc4)cc2)c2ccc(-c4cccc5ccccc45)cc2)cc1C3(c1ccccc1)c1ccccc1. The molecule has 0 radical (unpaired) electrons. The lowest BCUT2D eigenvalue weighted by Gasteiger charge is -2.35. The highest BCUT2D eigenvalue weighted by Crippen LogP contribution is 2.61. The molecule has 0 unspecified atom stereocenters. The highest BCUT2D eigenvalue weighted by atomic mass is 15.1. The van der Waals surface area contributed by atoms with Gasteiger partial charge in [-0.2, -0.15) is 0 Å². The molecule has 1 heteroatoms. The van der Waals surface area contributed by atoms with Gasteiger partial charge in [-0.1, -0.05) is 198 Å². The van der Waals surface area contributed by atoms with Crippen molar-refractivity contribution in [2.24, 2.45) is 0 Å². The van der Waals surface area contributed by atoms with Gasteiger partial charge in [-0.15, -0.1) is 0 Å². The lowest BCUT2D eigenvalue weighted by molar-refractivity contribution is 0.403. The third kappa shape index (κ3) is 5.90. The van der Waals surface area contributed by atoms with Crippen LogP contribution in [0.25, 0.3) is 44.2 Å². The number of hydrogen-bond donors (Lipinski definition) is 0. The molecule has 9 aromatic carbocycles. The van der Waals surface area contributed by atoms with Gasteiger partial charge < -0.3 is 4.90 Å². The van der Waals surface area contributed by atoms with Gasteiger partial charge >= 0.3 is 0 Å². The first-order chi connectivity index (χ1) is 29.7. The molecule has 0 N–H and O–H groups in total. The summed E-state index contributed by atoms with van der Waals surface area (Å²) >= 11 is 0. The van der Waals surface area contributed by atoms with Crippen molar-refractivity contribution >= 4 is 27.8 Å². The molecular weight excluding hydrogens is 735 g/mol. The fraction of sp³-hybridized carbons (Fsp3) is 0.133. The molecule has 0 aliphatic heterocycles. The van der Waals surface area contributed by atoms with Gasteiger partial charge in [0.05, 0.1) is 5.41 Å². The summed E-state index contributed by atoms with van der Waals surface area (Å²) in [6, 6.07) is 79.1. The summed E-state index contributed by atoms with van der Waals surface area (Å²) in [5.41, 5.74) is 18.7. The van der Waals surface area contributed by atoms with E-state index >= 15 is 0 Å². The van der Waals surface area contributed by atoms with E-state index < -0.39 is 5.41 Å². The predicted molar refractivity (Wildman–Crippen MR) is 257 cm³/mol. The van der Waals surface area contributed by atoms with E-state index in [1.165, 1.54) is 77.5 Å². The van der Waals surface area contributed by atoms with Crippen LogP contribution in [-0.2, 0) is 16.2 Å². The van der Waals surface area contributed by atoms with Crippen LogP contribution in [0.3, 0.4) is 0 Å². The predicted octanol–water partition coefficient (Wildman–Crippen LogP) is 16.0. The molecule has 0 atom stereocenters. The molecule has 0 amide bonds. The number of fused-ring (bicyclic) bond motifs is 5. The Morgan fingerprint density at radius 3 is 1.48 bits per heavy atom. The Labute approximate surface area is 360 Å². The summed E-state index contributed by atoms with van der Waals surface area (Å²) < 4.78 is 0. The summed E-state index contributed by atoms with van der Waals surface area (Å²) in [6.45, 7) is 9.74. The van der Waals surface area contributed by atoms with Gasteiger partial charge in [0, 0.05) is 17.1 Å². The summed E-state index contributed by atoms with van der Waals surface area (Å²) in [5, 5.41) is 2.52. The van der Waals surface area contributed by atoms with Crippen LogP contribution in [-0.4, -0.2) is 0 Å². The van der Waals surface area contributed by atoms with Gasteiger partial charge in [-0.05, 0) is 137 Å². The quantitative estimate of drug-likeness (QED) is 0.156. The maximum Gasteiger partial charge on any atom is 0.0714 e. The number of hydrogen-bond acceptors (Lipinski definition) is 1. The van der Waals surface area contributed by atoms with Crippen molar-refractivity contribution in [3.05, 3.63) is 246 Å². The first-order valence-electron chi connectivity index (χ1n) is 21.7. The van der Waals surface area contributed by atoms with E-state index in [4.69, 9.17) is 0 Å². The lowest BCUT2D eigenvalue weighted by atomic mass is 9.67. The molecule has 0 saturated heterocycles. The molecule has 9 aromatic rings. The Balaban J connectivity index is 1.14. The van der Waals surface area contributed by atoms with Crippen LogP contribution in [0.4, 0.5) is 17.1 Å². The van der Waals surface area contributed by atoms with Crippen molar-refractivity contribution in [2.45, 2.75) is 50.4 Å². The largest absolute Gasteiger partial charge is 0.310 e. The lowest BCUT2D eigenvalue weighted by Crippen LogP contribution is -2.29. The van der Waals surface area contributed by atoms with Crippen LogP contribution in [0.1, 0.15) is 67.5 Å². The first-order valence-corrected chi connectivity index (χ1v) is 21.7. The zero-order chi connectivity index (χ0) is 41.3. The topological polar surface area (TPSA) is 3.24 Å². The Kier molecular flexibility index (Phi) is 8.55. The second-order valence-corrected chi connectivity index (χ2v) is 18.4. The fourth-order valence-corrected chi connectivity index (χ4v) is 11.2. The van der Waals surface area contributed by atoms with E-state index in [0.29, 0.717) is 0 Å². The molecule has 61 heavy (non-hydrogen) atoms. The van der Waals surface area contributed by atoms with Gasteiger partial charge in [0.2, 0.25) is 0 Å². The third-order valence-electron chi connectivity index (χ3n) is 13.7. The van der Waals surface area contributed by atoms with E-state index in [9.17, 15) is 0 Å². The van der Waals surface area contributed by atoms with E-state index in [1.807, 2.05) is 0 Å². The summed E-state index contributed by atoms with van der Waals surface area (Å²) in [4.78, 5) is 2.44. The summed E-state index contributed by atoms with van der Waals surface area (Å²) in [7, 11) is 0. The Hall–Kier alpha value is -6.96. The normalized spacial score (nSPS) is 15.2. The molecule has 0 heterocycles. The van der Waals surface area contributed by atoms with Crippen molar-refractivity contribution in [3.8, 4) is 33.4 Å². The molecule has 0 spiro atoms. The number of rotatable bonds is 7. The molecule has 2 aliphatic rings. The molecule has 0 fully saturated rings. The monoisotopic (exact) mass is 783 g/mol. The third-order valence-corrected chi connectivity index (χ3v) is 13.7. The maximum absolute atomic E-state index is 2.60. The number of benzene rings is 9. The van der Waals surface area contributed by atoms with E-state index in [0.717, 1.165) is 23.5 Å². The van der Waals surface area contributed by atoms with Gasteiger partial charge in [0.15, 0.2) is 0 Å². The van der Waals surface area contributed by atoms with Crippen LogP contribution in [0.5, 0.6) is 0 Å². The molecule has 11 rings (SSSR count). The van der Waals surface area contributed by atoms with Crippen LogP contribution in [0, 0.1) is 0 Å². The molecule has 0 bridgehead atoms. The number of nitrogens with zero attached hydrogens (tertiary/aromatic N) is 1. The zero-order valence-electron chi connectivity index (χ0n) is 35.4. The highest BCUT2D eigenvalue weighted by molar-refractivity contribution is 5.97. The second-order valence-electron chi connectivity index (χ2n) is 18.4. The second kappa shape index (κ2) is 14.1. The van der Waals surface area contributed by atoms with Crippen molar-refractivity contribution < 1.29 is 0 Å². The minimum Gasteiger partial charge on any atom is -0.310 e. The molecule has 0 saturated carbocycles. The van der Waals surface area contributed by atoms with Crippen molar-refractivity contribution in [3.63, 3.8) is 0 Å². The molecular formula is C60H49N. The standard InChI is InChI=1S/C60H49N/c1-58(2)40-59(3,4)57-39-55-53(38-56(57)58)52-36-35-49(37-54(52)60(55,45-21-10-6-11-22-45)46-23-12-7-13-24-46)61(47-31-27-42(28-32-47)41-17-8-5-9-18-41)48-33-29-44(30-34-48)51-26-16-20-43-19-14-15-25-50(43)51/h5-39H,40H2,1-4H3. The number of anilines is 3. The Morgan fingerprint density at radius 2 is 0.836 bits per heavy atom. The Bertz CT molecular complexity index is 3020. The highest BCUT2D eigenvalue weighted by Gasteiger charge is 2.50.